The molecule has 0 radical (unpaired) electrons. The zero-order chi connectivity index (χ0) is 17.5. The van der Waals surface area contributed by atoms with Gasteiger partial charge < -0.3 is 0 Å². The predicted octanol–water partition coefficient (Wildman–Crippen LogP) is 6.61. The molecule has 0 saturated heterocycles. The van der Waals surface area contributed by atoms with Crippen LogP contribution >= 0.6 is 46.4 Å². The van der Waals surface area contributed by atoms with Gasteiger partial charge in [0.15, 0.2) is 20.1 Å². The highest BCUT2D eigenvalue weighted by atomic mass is 35.5. The summed E-state index contributed by atoms with van der Waals surface area (Å²) < 4.78 is 24.9. The summed E-state index contributed by atoms with van der Waals surface area (Å²) in [5.41, 5.74) is 0. The van der Waals surface area contributed by atoms with Crippen molar-refractivity contribution in [2.45, 2.75) is 63.2 Å². The number of hydrogen-bond acceptors (Lipinski definition) is 3. The molecule has 0 unspecified atom stereocenters. The van der Waals surface area contributed by atoms with E-state index in [0.29, 0.717) is 6.42 Å². The van der Waals surface area contributed by atoms with Crippen molar-refractivity contribution < 1.29 is 8.42 Å². The molecule has 132 valence electrons. The summed E-state index contributed by atoms with van der Waals surface area (Å²) in [4.78, 5) is 3.48. The Labute approximate surface area is 158 Å². The second-order valence-corrected chi connectivity index (χ2v) is 8.96. The molecule has 0 saturated carbocycles. The summed E-state index contributed by atoms with van der Waals surface area (Å²) in [5, 5.41) is -0.646. The number of pyridine rings is 1. The molecule has 0 spiro atoms. The van der Waals surface area contributed by atoms with Crippen LogP contribution < -0.4 is 0 Å². The molecule has 0 aromatic carbocycles. The lowest BCUT2D eigenvalue weighted by Gasteiger charge is -2.10. The first-order chi connectivity index (χ1) is 10.8. The van der Waals surface area contributed by atoms with Gasteiger partial charge in [0.2, 0.25) is 0 Å². The van der Waals surface area contributed by atoms with Crippen molar-refractivity contribution in [3.05, 3.63) is 20.4 Å². The molecule has 0 bridgehead atoms. The minimum Gasteiger partial charge on any atom is -0.224 e. The highest BCUT2D eigenvalue weighted by molar-refractivity contribution is 7.91. The first-order valence-corrected chi connectivity index (χ1v) is 10.9. The van der Waals surface area contributed by atoms with Crippen LogP contribution in [0, 0.1) is 0 Å². The van der Waals surface area contributed by atoms with Crippen molar-refractivity contribution in [2.75, 3.05) is 5.75 Å². The Hall–Kier alpha value is 0.260. The normalized spacial score (nSPS) is 11.9. The summed E-state index contributed by atoms with van der Waals surface area (Å²) in [6, 6.07) is 0. The number of unbranched alkanes of at least 4 members (excludes halogenated alkanes) is 7. The molecule has 0 aliphatic carbocycles. The van der Waals surface area contributed by atoms with Crippen LogP contribution in [0.3, 0.4) is 0 Å². The van der Waals surface area contributed by atoms with Gasteiger partial charge in [0, 0.05) is 0 Å². The molecule has 0 N–H and O–H groups in total. The summed E-state index contributed by atoms with van der Waals surface area (Å²) in [6.45, 7) is 2.18. The van der Waals surface area contributed by atoms with Gasteiger partial charge in [0.05, 0.1) is 15.8 Å². The number of rotatable bonds is 10. The Kier molecular flexibility index (Phi) is 9.54. The molecular formula is C15H21Cl4NO2S. The summed E-state index contributed by atoms with van der Waals surface area (Å²) in [5.74, 6) is -0.0297. The highest BCUT2D eigenvalue weighted by Crippen LogP contribution is 2.38. The standard InChI is InChI=1S/C15H21Cl4NO2S/c1-2-3-4-5-6-7-8-9-10-23(21,22)13-11(16)14(18)20-15(19)12(13)17/h2-10H2,1H3. The van der Waals surface area contributed by atoms with Crippen molar-refractivity contribution >= 4 is 56.2 Å². The van der Waals surface area contributed by atoms with Crippen molar-refractivity contribution in [2.24, 2.45) is 0 Å². The predicted molar refractivity (Wildman–Crippen MR) is 98.9 cm³/mol. The SMILES string of the molecule is CCCCCCCCCCS(=O)(=O)c1c(Cl)c(Cl)nc(Cl)c1Cl. The third kappa shape index (κ3) is 6.58. The quantitative estimate of drug-likeness (QED) is 0.316. The molecule has 0 amide bonds. The summed E-state index contributed by atoms with van der Waals surface area (Å²) >= 11 is 23.5. The highest BCUT2D eigenvalue weighted by Gasteiger charge is 2.26. The van der Waals surface area contributed by atoms with E-state index >= 15 is 0 Å². The van der Waals surface area contributed by atoms with E-state index in [9.17, 15) is 8.42 Å². The molecule has 1 rings (SSSR count). The average molecular weight is 421 g/mol. The molecule has 0 atom stereocenters. The van der Waals surface area contributed by atoms with Crippen LogP contribution in [-0.4, -0.2) is 19.2 Å². The maximum atomic E-state index is 12.4. The lowest BCUT2D eigenvalue weighted by Crippen LogP contribution is -2.09. The van der Waals surface area contributed by atoms with E-state index < -0.39 is 9.84 Å². The molecule has 3 nitrogen and oxygen atoms in total. The molecule has 0 fully saturated rings. The molecule has 23 heavy (non-hydrogen) atoms. The van der Waals surface area contributed by atoms with Crippen molar-refractivity contribution in [1.29, 1.82) is 0 Å². The first-order valence-electron chi connectivity index (χ1n) is 7.74. The second kappa shape index (κ2) is 10.3. The Morgan fingerprint density at radius 3 is 1.70 bits per heavy atom. The van der Waals surface area contributed by atoms with Crippen LogP contribution in [0.1, 0.15) is 58.3 Å². The third-order valence-electron chi connectivity index (χ3n) is 3.53. The fraction of sp³-hybridized carbons (Fsp3) is 0.667. The zero-order valence-corrected chi connectivity index (χ0v) is 16.9. The number of aromatic nitrogens is 1. The lowest BCUT2D eigenvalue weighted by atomic mass is 10.1. The number of nitrogens with zero attached hydrogens (tertiary/aromatic N) is 1. The Bertz CT molecular complexity index is 594. The van der Waals surface area contributed by atoms with Gasteiger partial charge in [0.1, 0.15) is 4.90 Å². The number of hydrogen-bond donors (Lipinski definition) is 0. The minimum absolute atomic E-state index is 0.0297. The van der Waals surface area contributed by atoms with E-state index in [4.69, 9.17) is 46.4 Å². The molecular weight excluding hydrogens is 400 g/mol. The summed E-state index contributed by atoms with van der Waals surface area (Å²) in [6.07, 6.45) is 8.49. The maximum absolute atomic E-state index is 12.4. The topological polar surface area (TPSA) is 47.0 Å². The minimum atomic E-state index is -3.64. The first kappa shape index (κ1) is 21.3. The van der Waals surface area contributed by atoms with E-state index in [-0.39, 0.29) is 31.0 Å². The van der Waals surface area contributed by atoms with Gasteiger partial charge >= 0.3 is 0 Å². The van der Waals surface area contributed by atoms with E-state index in [1.54, 1.807) is 0 Å². The fourth-order valence-corrected chi connectivity index (χ4v) is 5.34. The van der Waals surface area contributed by atoms with Crippen molar-refractivity contribution in [3.63, 3.8) is 0 Å². The Morgan fingerprint density at radius 2 is 1.22 bits per heavy atom. The van der Waals surface area contributed by atoms with Gasteiger partial charge in [-0.1, -0.05) is 98.3 Å². The maximum Gasteiger partial charge on any atom is 0.181 e. The van der Waals surface area contributed by atoms with Gasteiger partial charge in [-0.05, 0) is 6.42 Å². The molecule has 1 aromatic rings. The van der Waals surface area contributed by atoms with Crippen LogP contribution in [0.15, 0.2) is 4.90 Å². The van der Waals surface area contributed by atoms with E-state index in [1.165, 1.54) is 25.7 Å². The fourth-order valence-electron chi connectivity index (χ4n) is 2.27. The molecule has 8 heteroatoms. The van der Waals surface area contributed by atoms with Gasteiger partial charge in [-0.3, -0.25) is 0 Å². The van der Waals surface area contributed by atoms with Crippen LogP contribution in [0.5, 0.6) is 0 Å². The van der Waals surface area contributed by atoms with Crippen LogP contribution in [-0.2, 0) is 9.84 Å². The lowest BCUT2D eigenvalue weighted by molar-refractivity contribution is 0.572. The molecule has 0 aliphatic heterocycles. The van der Waals surface area contributed by atoms with Gasteiger partial charge in [-0.15, -0.1) is 0 Å². The Balaban J connectivity index is 2.58. The van der Waals surface area contributed by atoms with Gasteiger partial charge in [0.25, 0.3) is 0 Å². The van der Waals surface area contributed by atoms with Crippen LogP contribution in [0.2, 0.25) is 20.4 Å². The average Bonchev–Trinajstić information content (AvgIpc) is 2.48. The van der Waals surface area contributed by atoms with Gasteiger partial charge in [-0.25, -0.2) is 13.4 Å². The zero-order valence-electron chi connectivity index (χ0n) is 13.0. The molecule has 0 aliphatic rings. The van der Waals surface area contributed by atoms with E-state index in [0.717, 1.165) is 19.3 Å². The Morgan fingerprint density at radius 1 is 0.783 bits per heavy atom. The largest absolute Gasteiger partial charge is 0.224 e. The summed E-state index contributed by atoms with van der Waals surface area (Å²) in [7, 11) is -3.64. The third-order valence-corrected chi connectivity index (χ3v) is 7.09. The molecule has 1 aromatic heterocycles. The molecule has 1 heterocycles. The smallest absolute Gasteiger partial charge is 0.181 e. The second-order valence-electron chi connectivity index (χ2n) is 5.44. The van der Waals surface area contributed by atoms with Crippen molar-refractivity contribution in [3.8, 4) is 0 Å². The van der Waals surface area contributed by atoms with Gasteiger partial charge in [-0.2, -0.15) is 0 Å². The number of halogens is 4. The van der Waals surface area contributed by atoms with E-state index in [1.807, 2.05) is 0 Å². The van der Waals surface area contributed by atoms with Crippen LogP contribution in [0.4, 0.5) is 0 Å². The van der Waals surface area contributed by atoms with Crippen molar-refractivity contribution in [1.82, 2.24) is 4.98 Å². The number of sulfone groups is 1. The van der Waals surface area contributed by atoms with Crippen LogP contribution in [0.25, 0.3) is 0 Å². The van der Waals surface area contributed by atoms with E-state index in [2.05, 4.69) is 11.9 Å². The monoisotopic (exact) mass is 419 g/mol.